The molecule has 1 N–H and O–H groups in total. The van der Waals surface area contributed by atoms with Crippen molar-refractivity contribution in [3.8, 4) is 22.8 Å². The van der Waals surface area contributed by atoms with E-state index >= 15 is 0 Å². The lowest BCUT2D eigenvalue weighted by molar-refractivity contribution is 0.355. The molecule has 1 saturated carbocycles. The molecule has 0 saturated heterocycles. The van der Waals surface area contributed by atoms with Gasteiger partial charge < -0.3 is 14.0 Å². The van der Waals surface area contributed by atoms with Crippen LogP contribution in [0.5, 0.6) is 11.5 Å². The van der Waals surface area contributed by atoms with Gasteiger partial charge in [0.15, 0.2) is 11.5 Å². The van der Waals surface area contributed by atoms with E-state index in [1.54, 1.807) is 32.5 Å². The zero-order chi connectivity index (χ0) is 19.0. The van der Waals surface area contributed by atoms with Gasteiger partial charge in [-0.15, -0.1) is 0 Å². The van der Waals surface area contributed by atoms with Gasteiger partial charge in [-0.2, -0.15) is 0 Å². The van der Waals surface area contributed by atoms with Gasteiger partial charge in [0.05, 0.1) is 42.7 Å². The molecular weight excluding hydrogens is 366 g/mol. The van der Waals surface area contributed by atoms with Crippen molar-refractivity contribution in [2.75, 3.05) is 14.2 Å². The minimum absolute atomic E-state index is 0.454. The van der Waals surface area contributed by atoms with E-state index in [-0.39, 0.29) is 0 Å². The maximum Gasteiger partial charge on any atom is 0.163 e. The van der Waals surface area contributed by atoms with Gasteiger partial charge in [-0.3, -0.25) is 9.19 Å². The summed E-state index contributed by atoms with van der Waals surface area (Å²) in [5, 5.41) is 0. The molecule has 0 amide bonds. The second kappa shape index (κ2) is 6.88. The fraction of sp³-hybridized carbons (Fsp3) is 0.263. The summed E-state index contributed by atoms with van der Waals surface area (Å²) in [7, 11) is 3.16. The van der Waals surface area contributed by atoms with Crippen LogP contribution in [0.15, 0.2) is 42.6 Å². The second-order valence-corrected chi connectivity index (χ2v) is 7.12. The van der Waals surface area contributed by atoms with Crippen molar-refractivity contribution in [3.63, 3.8) is 0 Å². The molecule has 1 aliphatic carbocycles. The summed E-state index contributed by atoms with van der Waals surface area (Å²) in [5.41, 5.74) is 3.55. The van der Waals surface area contributed by atoms with Crippen molar-refractivity contribution < 1.29 is 18.2 Å². The van der Waals surface area contributed by atoms with Gasteiger partial charge in [-0.1, -0.05) is 24.3 Å². The number of nitrogens with zero attached hydrogens (tertiary/aromatic N) is 2. The van der Waals surface area contributed by atoms with Crippen LogP contribution in [0.3, 0.4) is 0 Å². The molecule has 1 fully saturated rings. The minimum Gasteiger partial charge on any atom is -0.760 e. The monoisotopic (exact) mass is 384 g/mol. The molecule has 0 radical (unpaired) electrons. The molecule has 27 heavy (non-hydrogen) atoms. The lowest BCUT2D eigenvalue weighted by atomic mass is 10.0. The highest BCUT2D eigenvalue weighted by Crippen LogP contribution is 2.46. The molecule has 1 unspecified atom stereocenters. The number of methoxy groups -OCH3 is 2. The zero-order valence-electron chi connectivity index (χ0n) is 14.9. The van der Waals surface area contributed by atoms with E-state index in [4.69, 9.17) is 9.47 Å². The third-order valence-corrected chi connectivity index (χ3v) is 5.37. The van der Waals surface area contributed by atoms with Crippen LogP contribution in [0.1, 0.15) is 18.4 Å². The lowest BCUT2D eigenvalue weighted by Crippen LogP contribution is -2.30. The Kier molecular flexibility index (Phi) is 4.55. The smallest absolute Gasteiger partial charge is 0.163 e. The van der Waals surface area contributed by atoms with Gasteiger partial charge in [0.25, 0.3) is 0 Å². The van der Waals surface area contributed by atoms with Crippen molar-refractivity contribution in [1.29, 1.82) is 0 Å². The first kappa shape index (κ1) is 17.8. The summed E-state index contributed by atoms with van der Waals surface area (Å²) in [6.07, 6.45) is 3.32. The Morgan fingerprint density at radius 1 is 1.07 bits per heavy atom. The quantitative estimate of drug-likeness (QED) is 0.657. The molecule has 1 atom stereocenters. The third-order valence-electron chi connectivity index (χ3n) is 4.81. The number of benzene rings is 2. The predicted molar refractivity (Wildman–Crippen MR) is 101 cm³/mol. The van der Waals surface area contributed by atoms with Gasteiger partial charge >= 0.3 is 0 Å². The highest BCUT2D eigenvalue weighted by Gasteiger charge is 2.44. The number of ether oxygens (including phenoxy) is 2. The summed E-state index contributed by atoms with van der Waals surface area (Å²) in [6, 6.07) is 11.3. The Morgan fingerprint density at radius 3 is 2.26 bits per heavy atom. The molecule has 3 aromatic rings. The van der Waals surface area contributed by atoms with E-state index in [2.05, 4.69) is 14.7 Å². The highest BCUT2D eigenvalue weighted by atomic mass is 32.2. The zero-order valence-corrected chi connectivity index (χ0v) is 15.7. The lowest BCUT2D eigenvalue weighted by Gasteiger charge is -2.19. The van der Waals surface area contributed by atoms with Gasteiger partial charge in [0.1, 0.15) is 0 Å². The largest absolute Gasteiger partial charge is 0.760 e. The Balaban J connectivity index is 1.67. The molecule has 4 rings (SSSR count). The maximum absolute atomic E-state index is 11.0. The Morgan fingerprint density at radius 2 is 1.70 bits per heavy atom. The van der Waals surface area contributed by atoms with Gasteiger partial charge in [-0.05, 0) is 18.4 Å². The maximum atomic E-state index is 11.0. The van der Waals surface area contributed by atoms with Crippen LogP contribution in [0.2, 0.25) is 0 Å². The van der Waals surface area contributed by atoms with Crippen LogP contribution in [-0.2, 0) is 16.8 Å². The van der Waals surface area contributed by atoms with Crippen LogP contribution in [0, 0.1) is 0 Å². The molecular formula is C19H18N3O4S-. The SMILES string of the molecule is COc1cc2ncc(-c3ccc(C4(NS(=O)[O-])CC4)cc3)nc2cc1OC. The van der Waals surface area contributed by atoms with E-state index < -0.39 is 16.8 Å². The molecule has 0 bridgehead atoms. The number of aromatic nitrogens is 2. The van der Waals surface area contributed by atoms with Gasteiger partial charge in [0.2, 0.25) is 0 Å². The molecule has 1 heterocycles. The summed E-state index contributed by atoms with van der Waals surface area (Å²) in [6.45, 7) is 0. The number of fused-ring (bicyclic) bond motifs is 1. The molecule has 0 aliphatic heterocycles. The van der Waals surface area contributed by atoms with E-state index in [0.717, 1.165) is 29.7 Å². The van der Waals surface area contributed by atoms with Crippen LogP contribution < -0.4 is 14.2 Å². The predicted octanol–water partition coefficient (Wildman–Crippen LogP) is 2.69. The summed E-state index contributed by atoms with van der Waals surface area (Å²) < 4.78 is 35.2. The van der Waals surface area contributed by atoms with E-state index in [1.807, 2.05) is 24.3 Å². The molecule has 0 spiro atoms. The van der Waals surface area contributed by atoms with Crippen molar-refractivity contribution in [2.24, 2.45) is 0 Å². The first-order valence-corrected chi connectivity index (χ1v) is 9.49. The Bertz CT molecular complexity index is 1020. The number of nitrogens with one attached hydrogen (secondary N) is 1. The molecule has 1 aromatic heterocycles. The van der Waals surface area contributed by atoms with Crippen molar-refractivity contribution in [2.45, 2.75) is 18.4 Å². The van der Waals surface area contributed by atoms with Crippen molar-refractivity contribution in [1.82, 2.24) is 14.7 Å². The second-order valence-electron chi connectivity index (χ2n) is 6.45. The van der Waals surface area contributed by atoms with Crippen LogP contribution >= 0.6 is 0 Å². The molecule has 1 aliphatic rings. The summed E-state index contributed by atoms with van der Waals surface area (Å²) >= 11 is -2.28. The highest BCUT2D eigenvalue weighted by molar-refractivity contribution is 7.77. The Labute approximate surface area is 159 Å². The molecule has 2 aromatic carbocycles. The first-order chi connectivity index (χ1) is 13.0. The molecule has 140 valence electrons. The van der Waals surface area contributed by atoms with Crippen LogP contribution in [0.25, 0.3) is 22.3 Å². The number of rotatable bonds is 6. The first-order valence-electron chi connectivity index (χ1n) is 8.41. The van der Waals surface area contributed by atoms with Crippen LogP contribution in [-0.4, -0.2) is 32.9 Å². The number of hydrogen-bond acceptors (Lipinski definition) is 6. The van der Waals surface area contributed by atoms with Crippen molar-refractivity contribution in [3.05, 3.63) is 48.2 Å². The van der Waals surface area contributed by atoms with Crippen LogP contribution in [0.4, 0.5) is 0 Å². The average Bonchev–Trinajstić information content (AvgIpc) is 3.46. The molecule has 8 heteroatoms. The molecule has 7 nitrogen and oxygen atoms in total. The van der Waals surface area contributed by atoms with E-state index in [0.29, 0.717) is 22.5 Å². The standard InChI is InChI=1S/C19H19N3O4S/c1-25-17-9-14-15(10-18(17)26-2)21-16(11-20-14)12-3-5-13(6-4-12)19(7-8-19)22-27(23)24/h3-6,9-11,22H,7-8H2,1-2H3,(H,23,24)/p-1. The van der Waals surface area contributed by atoms with E-state index in [9.17, 15) is 8.76 Å². The fourth-order valence-corrected chi connectivity index (χ4v) is 3.81. The third kappa shape index (κ3) is 3.39. The summed E-state index contributed by atoms with van der Waals surface area (Å²) in [4.78, 5) is 9.15. The average molecular weight is 384 g/mol. The summed E-state index contributed by atoms with van der Waals surface area (Å²) in [5.74, 6) is 1.20. The number of hydrogen-bond donors (Lipinski definition) is 1. The Hall–Kier alpha value is -2.55. The van der Waals surface area contributed by atoms with Crippen molar-refractivity contribution >= 4 is 22.3 Å². The van der Waals surface area contributed by atoms with Gasteiger partial charge in [0, 0.05) is 29.0 Å². The normalized spacial score (nSPS) is 16.1. The van der Waals surface area contributed by atoms with Gasteiger partial charge in [-0.25, -0.2) is 9.71 Å². The topological polar surface area (TPSA) is 96.4 Å². The fourth-order valence-electron chi connectivity index (χ4n) is 3.17. The minimum atomic E-state index is -2.28. The van der Waals surface area contributed by atoms with E-state index in [1.165, 1.54) is 0 Å².